The first-order valence-electron chi connectivity index (χ1n) is 8.72. The summed E-state index contributed by atoms with van der Waals surface area (Å²) in [4.78, 5) is 28.4. The molecule has 0 bridgehead atoms. The molecule has 8 heteroatoms. The van der Waals surface area contributed by atoms with Gasteiger partial charge in [-0.25, -0.2) is 13.6 Å². The lowest BCUT2D eigenvalue weighted by molar-refractivity contribution is -0.148. The number of carbonyl (C=O) groups is 2. The van der Waals surface area contributed by atoms with Gasteiger partial charge in [0, 0.05) is 36.8 Å². The molecule has 0 saturated carbocycles. The van der Waals surface area contributed by atoms with Gasteiger partial charge in [-0.15, -0.1) is 0 Å². The van der Waals surface area contributed by atoms with Crippen LogP contribution in [0.2, 0.25) is 5.02 Å². The highest BCUT2D eigenvalue weighted by atomic mass is 35.5. The molecule has 1 fully saturated rings. The number of rotatable bonds is 4. The Labute approximate surface area is 166 Å². The van der Waals surface area contributed by atoms with Crippen LogP contribution in [0.25, 0.3) is 0 Å². The summed E-state index contributed by atoms with van der Waals surface area (Å²) in [7, 11) is 1.33. The molecule has 0 spiro atoms. The zero-order chi connectivity index (χ0) is 20.3. The van der Waals surface area contributed by atoms with Crippen molar-refractivity contribution in [2.45, 2.75) is 6.04 Å². The van der Waals surface area contributed by atoms with E-state index in [9.17, 15) is 18.4 Å². The molecule has 5 nitrogen and oxygen atoms in total. The zero-order valence-corrected chi connectivity index (χ0v) is 16.0. The van der Waals surface area contributed by atoms with Crippen molar-refractivity contribution in [1.29, 1.82) is 0 Å². The lowest BCUT2D eigenvalue weighted by Crippen LogP contribution is -2.51. The molecular formula is C20H19ClF2N2O3. The van der Waals surface area contributed by atoms with Crippen molar-refractivity contribution < 1.29 is 23.1 Å². The Kier molecular flexibility index (Phi) is 6.26. The summed E-state index contributed by atoms with van der Waals surface area (Å²) in [6, 6.07) is 9.43. The summed E-state index contributed by atoms with van der Waals surface area (Å²) in [6.07, 6.45) is 0. The average Bonchev–Trinajstić information content (AvgIpc) is 2.71. The van der Waals surface area contributed by atoms with E-state index in [0.717, 1.165) is 17.7 Å². The molecule has 1 amide bonds. The van der Waals surface area contributed by atoms with E-state index < -0.39 is 23.6 Å². The molecule has 1 aliphatic rings. The number of nitrogens with zero attached hydrogens (tertiary/aromatic N) is 2. The number of carbonyl (C=O) groups excluding carboxylic acids is 2. The van der Waals surface area contributed by atoms with E-state index in [0.29, 0.717) is 31.2 Å². The Hall–Kier alpha value is -2.51. The number of methoxy groups -OCH3 is 1. The topological polar surface area (TPSA) is 49.9 Å². The second kappa shape index (κ2) is 8.67. The van der Waals surface area contributed by atoms with Gasteiger partial charge < -0.3 is 9.64 Å². The van der Waals surface area contributed by atoms with Gasteiger partial charge in [0.25, 0.3) is 5.91 Å². The predicted octanol–water partition coefficient (Wildman–Crippen LogP) is 3.29. The standard InChI is InChI=1S/C20H19ClF2N2O3/c1-28-20(27)18(13-2-5-15(21)6-3-13)24-8-10-25(11-9-24)19(26)14-4-7-16(22)17(23)12-14/h2-7,12,18H,8-11H2,1H3. The lowest BCUT2D eigenvalue weighted by atomic mass is 10.0. The van der Waals surface area contributed by atoms with Crippen LogP contribution in [0.3, 0.4) is 0 Å². The number of amides is 1. The third-order valence-corrected chi connectivity index (χ3v) is 5.00. The Morgan fingerprint density at radius 3 is 2.21 bits per heavy atom. The van der Waals surface area contributed by atoms with Gasteiger partial charge in [0.15, 0.2) is 11.6 Å². The molecular weight excluding hydrogens is 390 g/mol. The first-order valence-corrected chi connectivity index (χ1v) is 9.10. The van der Waals surface area contributed by atoms with E-state index in [4.69, 9.17) is 16.3 Å². The monoisotopic (exact) mass is 408 g/mol. The Bertz CT molecular complexity index is 868. The largest absolute Gasteiger partial charge is 0.468 e. The first kappa shape index (κ1) is 20.2. The summed E-state index contributed by atoms with van der Waals surface area (Å²) < 4.78 is 31.4. The van der Waals surface area contributed by atoms with Gasteiger partial charge in [-0.1, -0.05) is 23.7 Å². The number of piperazine rings is 1. The van der Waals surface area contributed by atoms with Crippen LogP contribution >= 0.6 is 11.6 Å². The van der Waals surface area contributed by atoms with Crippen molar-refractivity contribution in [1.82, 2.24) is 9.80 Å². The summed E-state index contributed by atoms with van der Waals surface area (Å²) in [5.74, 6) is -2.83. The Morgan fingerprint density at radius 2 is 1.64 bits per heavy atom. The second-order valence-electron chi connectivity index (χ2n) is 6.43. The maximum atomic E-state index is 13.4. The van der Waals surface area contributed by atoms with Crippen LogP contribution in [0.15, 0.2) is 42.5 Å². The minimum absolute atomic E-state index is 0.0922. The fourth-order valence-corrected chi connectivity index (χ4v) is 3.37. The summed E-state index contributed by atoms with van der Waals surface area (Å²) >= 11 is 5.92. The van der Waals surface area contributed by atoms with Crippen LogP contribution < -0.4 is 0 Å². The molecule has 2 aromatic carbocycles. The maximum absolute atomic E-state index is 13.4. The van der Waals surface area contributed by atoms with Gasteiger partial charge in [-0.05, 0) is 35.9 Å². The fourth-order valence-electron chi connectivity index (χ4n) is 3.25. The number of benzene rings is 2. The van der Waals surface area contributed by atoms with Crippen LogP contribution in [-0.2, 0) is 9.53 Å². The quantitative estimate of drug-likeness (QED) is 0.728. The predicted molar refractivity (Wildman–Crippen MR) is 100 cm³/mol. The summed E-state index contributed by atoms with van der Waals surface area (Å²) in [5.41, 5.74) is 0.839. The third kappa shape index (κ3) is 4.31. The van der Waals surface area contributed by atoms with Gasteiger partial charge in [-0.2, -0.15) is 0 Å². The van der Waals surface area contributed by atoms with Crippen LogP contribution in [0.1, 0.15) is 22.0 Å². The number of hydrogen-bond acceptors (Lipinski definition) is 4. The van der Waals surface area contributed by atoms with Gasteiger partial charge in [0.1, 0.15) is 6.04 Å². The number of esters is 1. The number of ether oxygens (including phenoxy) is 1. The highest BCUT2D eigenvalue weighted by Gasteiger charge is 2.32. The lowest BCUT2D eigenvalue weighted by Gasteiger charge is -2.38. The van der Waals surface area contributed by atoms with E-state index >= 15 is 0 Å². The van der Waals surface area contributed by atoms with Crippen molar-refractivity contribution in [2.24, 2.45) is 0 Å². The molecule has 1 unspecified atom stereocenters. The Balaban J connectivity index is 1.71. The molecule has 0 aliphatic carbocycles. The summed E-state index contributed by atoms with van der Waals surface area (Å²) in [5, 5.41) is 0.564. The molecule has 0 aromatic heterocycles. The molecule has 1 atom stereocenters. The molecule has 0 radical (unpaired) electrons. The fraction of sp³-hybridized carbons (Fsp3) is 0.300. The first-order chi connectivity index (χ1) is 13.4. The SMILES string of the molecule is COC(=O)C(c1ccc(Cl)cc1)N1CCN(C(=O)c2ccc(F)c(F)c2)CC1. The summed E-state index contributed by atoms with van der Waals surface area (Å²) in [6.45, 7) is 1.55. The number of halogens is 3. The van der Waals surface area contributed by atoms with Crippen LogP contribution in [0, 0.1) is 11.6 Å². The average molecular weight is 409 g/mol. The molecule has 28 heavy (non-hydrogen) atoms. The van der Waals surface area contributed by atoms with Crippen LogP contribution in [0.5, 0.6) is 0 Å². The van der Waals surface area contributed by atoms with E-state index in [-0.39, 0.29) is 11.5 Å². The van der Waals surface area contributed by atoms with Gasteiger partial charge in [0.2, 0.25) is 0 Å². The zero-order valence-electron chi connectivity index (χ0n) is 15.2. The molecule has 1 heterocycles. The maximum Gasteiger partial charge on any atom is 0.327 e. The smallest absolute Gasteiger partial charge is 0.327 e. The van der Waals surface area contributed by atoms with Crippen molar-refractivity contribution in [3.8, 4) is 0 Å². The minimum atomic E-state index is -1.06. The van der Waals surface area contributed by atoms with Crippen molar-refractivity contribution >= 4 is 23.5 Å². The Morgan fingerprint density at radius 1 is 1.00 bits per heavy atom. The van der Waals surface area contributed by atoms with E-state index in [1.54, 1.807) is 29.2 Å². The highest BCUT2D eigenvalue weighted by molar-refractivity contribution is 6.30. The third-order valence-electron chi connectivity index (χ3n) is 4.74. The molecule has 148 valence electrons. The molecule has 2 aromatic rings. The highest BCUT2D eigenvalue weighted by Crippen LogP contribution is 2.25. The van der Waals surface area contributed by atoms with Crippen molar-refractivity contribution in [3.63, 3.8) is 0 Å². The van der Waals surface area contributed by atoms with E-state index in [1.165, 1.54) is 13.2 Å². The molecule has 0 N–H and O–H groups in total. The minimum Gasteiger partial charge on any atom is -0.468 e. The van der Waals surface area contributed by atoms with Crippen LogP contribution in [0.4, 0.5) is 8.78 Å². The number of hydrogen-bond donors (Lipinski definition) is 0. The van der Waals surface area contributed by atoms with Crippen LogP contribution in [-0.4, -0.2) is 55.0 Å². The van der Waals surface area contributed by atoms with E-state index in [1.807, 2.05) is 4.90 Å². The van der Waals surface area contributed by atoms with Gasteiger partial charge in [0.05, 0.1) is 7.11 Å². The molecule has 1 saturated heterocycles. The van der Waals surface area contributed by atoms with Gasteiger partial charge in [-0.3, -0.25) is 9.69 Å². The van der Waals surface area contributed by atoms with Gasteiger partial charge >= 0.3 is 5.97 Å². The molecule has 3 rings (SSSR count). The molecule has 1 aliphatic heterocycles. The normalized spacial score (nSPS) is 15.9. The van der Waals surface area contributed by atoms with Crippen molar-refractivity contribution in [3.05, 3.63) is 70.2 Å². The van der Waals surface area contributed by atoms with Crippen molar-refractivity contribution in [2.75, 3.05) is 33.3 Å². The van der Waals surface area contributed by atoms with E-state index in [2.05, 4.69) is 0 Å². The second-order valence-corrected chi connectivity index (χ2v) is 6.87.